The molecule has 3 saturated heterocycles. The Labute approximate surface area is 287 Å². The lowest BCUT2D eigenvalue weighted by atomic mass is 10.0. The van der Waals surface area contributed by atoms with E-state index >= 15 is 0 Å². The summed E-state index contributed by atoms with van der Waals surface area (Å²) in [5, 5.41) is 3.98. The number of rotatable bonds is 6. The molecule has 0 radical (unpaired) electrons. The molecular weight excluding hydrogens is 639 g/mol. The Hall–Kier alpha value is -3.05. The van der Waals surface area contributed by atoms with Crippen LogP contribution in [0.5, 0.6) is 0 Å². The SMILES string of the molecule is CN1CCCN(C2CCN(C(=O)[C@@H](Cc3cc(Cl)cc(Cl)c3)OC(=O)N3CCC(N4CCc5ccccc5NC4=O)CC3)CC2)CC1. The number of anilines is 1. The second-order valence-electron chi connectivity index (χ2n) is 13.4. The van der Waals surface area contributed by atoms with Gasteiger partial charge in [0.1, 0.15) is 0 Å². The quantitative estimate of drug-likeness (QED) is 0.449. The van der Waals surface area contributed by atoms with Gasteiger partial charge in [0.15, 0.2) is 6.10 Å². The van der Waals surface area contributed by atoms with Crippen LogP contribution in [0.3, 0.4) is 0 Å². The molecule has 0 unspecified atom stereocenters. The number of benzene rings is 2. The molecule has 4 heterocycles. The molecule has 4 aliphatic rings. The van der Waals surface area contributed by atoms with E-state index in [1.165, 1.54) is 0 Å². The van der Waals surface area contributed by atoms with E-state index in [9.17, 15) is 14.4 Å². The van der Waals surface area contributed by atoms with Gasteiger partial charge < -0.3 is 29.7 Å². The van der Waals surface area contributed by atoms with Crippen molar-refractivity contribution in [3.05, 3.63) is 63.6 Å². The molecule has 0 spiro atoms. The van der Waals surface area contributed by atoms with Crippen LogP contribution < -0.4 is 5.32 Å². The lowest BCUT2D eigenvalue weighted by Crippen LogP contribution is -2.52. The van der Waals surface area contributed by atoms with Crippen molar-refractivity contribution in [2.75, 3.05) is 71.3 Å². The van der Waals surface area contributed by atoms with Gasteiger partial charge in [-0.1, -0.05) is 41.4 Å². The first-order chi connectivity index (χ1) is 22.7. The zero-order valence-electron chi connectivity index (χ0n) is 27.2. The topological polar surface area (TPSA) is 88.7 Å². The number of urea groups is 1. The number of carbonyl (C=O) groups excluding carboxylic acids is 3. The molecule has 3 fully saturated rings. The largest absolute Gasteiger partial charge is 0.436 e. The summed E-state index contributed by atoms with van der Waals surface area (Å²) in [6, 6.07) is 13.4. The molecule has 0 aromatic heterocycles. The number of halogens is 2. The van der Waals surface area contributed by atoms with Gasteiger partial charge in [-0.3, -0.25) is 9.69 Å². The first kappa shape index (κ1) is 33.8. The molecule has 0 saturated carbocycles. The van der Waals surface area contributed by atoms with Crippen LogP contribution in [-0.4, -0.2) is 127 Å². The van der Waals surface area contributed by atoms with Crippen molar-refractivity contribution in [3.8, 4) is 0 Å². The Morgan fingerprint density at radius 1 is 0.851 bits per heavy atom. The molecule has 47 heavy (non-hydrogen) atoms. The van der Waals surface area contributed by atoms with Crippen LogP contribution in [0.4, 0.5) is 15.3 Å². The molecule has 1 N–H and O–H groups in total. The average molecular weight is 686 g/mol. The zero-order valence-corrected chi connectivity index (χ0v) is 28.7. The fourth-order valence-corrected chi connectivity index (χ4v) is 8.07. The molecular formula is C35H46Cl2N6O4. The number of ether oxygens (including phenoxy) is 1. The number of likely N-dealkylation sites (tertiary alicyclic amines) is 2. The number of piperidine rings is 2. The van der Waals surface area contributed by atoms with Crippen molar-refractivity contribution < 1.29 is 19.1 Å². The number of hydrogen-bond donors (Lipinski definition) is 1. The van der Waals surface area contributed by atoms with E-state index in [0.717, 1.165) is 68.7 Å². The highest BCUT2D eigenvalue weighted by Crippen LogP contribution is 2.27. The highest BCUT2D eigenvalue weighted by Gasteiger charge is 2.36. The molecule has 0 aliphatic carbocycles. The summed E-state index contributed by atoms with van der Waals surface area (Å²) in [4.78, 5) is 51.0. The number of para-hydroxylation sites is 1. The predicted molar refractivity (Wildman–Crippen MR) is 184 cm³/mol. The summed E-state index contributed by atoms with van der Waals surface area (Å²) in [6.07, 6.45) is 3.72. The minimum Gasteiger partial charge on any atom is -0.436 e. The van der Waals surface area contributed by atoms with Gasteiger partial charge in [-0.25, -0.2) is 9.59 Å². The molecule has 4 amide bonds. The van der Waals surface area contributed by atoms with Crippen LogP contribution in [0.15, 0.2) is 42.5 Å². The smallest absolute Gasteiger partial charge is 0.410 e. The summed E-state index contributed by atoms with van der Waals surface area (Å²) in [6.45, 7) is 7.11. The van der Waals surface area contributed by atoms with Gasteiger partial charge in [0, 0.05) is 80.1 Å². The lowest BCUT2D eigenvalue weighted by molar-refractivity contribution is -0.142. The maximum absolute atomic E-state index is 14.0. The Morgan fingerprint density at radius 3 is 2.28 bits per heavy atom. The molecule has 2 aromatic rings. The fourth-order valence-electron chi connectivity index (χ4n) is 7.50. The first-order valence-electron chi connectivity index (χ1n) is 17.0. The minimum atomic E-state index is -0.993. The summed E-state index contributed by atoms with van der Waals surface area (Å²) in [7, 11) is 2.18. The summed E-state index contributed by atoms with van der Waals surface area (Å²) >= 11 is 12.6. The minimum absolute atomic E-state index is 0.0188. The van der Waals surface area contributed by atoms with Crippen molar-refractivity contribution in [2.45, 2.75) is 63.1 Å². The third-order valence-electron chi connectivity index (χ3n) is 10.2. The normalized spacial score (nSPS) is 21.4. The van der Waals surface area contributed by atoms with Crippen LogP contribution in [0, 0.1) is 0 Å². The van der Waals surface area contributed by atoms with Gasteiger partial charge in [0.2, 0.25) is 0 Å². The molecule has 1 atom stereocenters. The van der Waals surface area contributed by atoms with Crippen molar-refractivity contribution in [1.82, 2.24) is 24.5 Å². The number of likely N-dealkylation sites (N-methyl/N-ethyl adjacent to an activating group) is 1. The first-order valence-corrected chi connectivity index (χ1v) is 17.8. The van der Waals surface area contributed by atoms with Crippen molar-refractivity contribution in [2.24, 2.45) is 0 Å². The third-order valence-corrected chi connectivity index (χ3v) is 10.7. The lowest BCUT2D eigenvalue weighted by Gasteiger charge is -2.40. The van der Waals surface area contributed by atoms with Crippen LogP contribution in [-0.2, 0) is 22.4 Å². The molecule has 10 nitrogen and oxygen atoms in total. The molecule has 2 aromatic carbocycles. The van der Waals surface area contributed by atoms with E-state index in [-0.39, 0.29) is 24.4 Å². The number of amides is 4. The van der Waals surface area contributed by atoms with E-state index in [4.69, 9.17) is 27.9 Å². The van der Waals surface area contributed by atoms with Gasteiger partial charge in [0.25, 0.3) is 5.91 Å². The van der Waals surface area contributed by atoms with Gasteiger partial charge in [-0.05, 0) is 94.1 Å². The van der Waals surface area contributed by atoms with Gasteiger partial charge in [0.05, 0.1) is 0 Å². The van der Waals surface area contributed by atoms with Crippen LogP contribution in [0.1, 0.15) is 43.2 Å². The zero-order chi connectivity index (χ0) is 32.9. The second kappa shape index (κ2) is 15.4. The Morgan fingerprint density at radius 2 is 1.53 bits per heavy atom. The number of fused-ring (bicyclic) bond motifs is 1. The molecule has 12 heteroatoms. The van der Waals surface area contributed by atoms with Crippen LogP contribution >= 0.6 is 23.2 Å². The number of hydrogen-bond acceptors (Lipinski definition) is 6. The van der Waals surface area contributed by atoms with E-state index in [2.05, 4.69) is 22.2 Å². The summed E-state index contributed by atoms with van der Waals surface area (Å²) < 4.78 is 6.03. The summed E-state index contributed by atoms with van der Waals surface area (Å²) in [5.41, 5.74) is 2.72. The Bertz CT molecular complexity index is 1410. The second-order valence-corrected chi connectivity index (χ2v) is 14.2. The molecule has 6 rings (SSSR count). The standard InChI is InChI=1S/C35H46Cl2N6O4/c1-39-12-4-13-40(20-19-39)29-8-14-41(15-9-29)33(44)32(23-25-21-27(36)24-28(37)22-25)47-35(46)42-16-10-30(11-17-42)43-18-7-26-5-2-3-6-31(26)38-34(43)45/h2-3,5-6,21-22,24,29-30,32H,4,7-20,23H2,1H3,(H,38,45)/t32-/m1/s1. The van der Waals surface area contributed by atoms with Gasteiger partial charge >= 0.3 is 12.1 Å². The Kier molecular flexibility index (Phi) is 11.1. The van der Waals surface area contributed by atoms with Crippen molar-refractivity contribution in [1.29, 1.82) is 0 Å². The van der Waals surface area contributed by atoms with Crippen LogP contribution in [0.2, 0.25) is 10.0 Å². The average Bonchev–Trinajstić information content (AvgIpc) is 3.38. The number of nitrogens with one attached hydrogen (secondary N) is 1. The van der Waals surface area contributed by atoms with E-state index in [1.807, 2.05) is 34.1 Å². The van der Waals surface area contributed by atoms with Crippen molar-refractivity contribution in [3.63, 3.8) is 0 Å². The van der Waals surface area contributed by atoms with E-state index in [1.54, 1.807) is 23.1 Å². The molecule has 254 valence electrons. The van der Waals surface area contributed by atoms with Crippen LogP contribution in [0.25, 0.3) is 0 Å². The maximum Gasteiger partial charge on any atom is 0.410 e. The highest BCUT2D eigenvalue weighted by atomic mass is 35.5. The highest BCUT2D eigenvalue weighted by molar-refractivity contribution is 6.34. The maximum atomic E-state index is 14.0. The van der Waals surface area contributed by atoms with Gasteiger partial charge in [-0.15, -0.1) is 0 Å². The molecule has 0 bridgehead atoms. The van der Waals surface area contributed by atoms with Crippen molar-refractivity contribution >= 4 is 46.9 Å². The number of nitrogens with zero attached hydrogens (tertiary/aromatic N) is 5. The van der Waals surface area contributed by atoms with E-state index < -0.39 is 12.2 Å². The van der Waals surface area contributed by atoms with Gasteiger partial charge in [-0.2, -0.15) is 0 Å². The third kappa shape index (κ3) is 8.52. The number of carbonyl (C=O) groups is 3. The Balaban J connectivity index is 1.07. The van der Waals surface area contributed by atoms with E-state index in [0.29, 0.717) is 61.7 Å². The summed E-state index contributed by atoms with van der Waals surface area (Å²) in [5.74, 6) is -0.181. The monoisotopic (exact) mass is 684 g/mol. The predicted octanol–water partition coefficient (Wildman–Crippen LogP) is 5.22. The molecule has 4 aliphatic heterocycles. The fraction of sp³-hybridized carbons (Fsp3) is 0.571.